The van der Waals surface area contributed by atoms with E-state index in [0.29, 0.717) is 6.61 Å². The van der Waals surface area contributed by atoms with Crippen molar-refractivity contribution in [2.45, 2.75) is 51.2 Å². The van der Waals surface area contributed by atoms with Gasteiger partial charge in [-0.1, -0.05) is 6.07 Å². The summed E-state index contributed by atoms with van der Waals surface area (Å²) in [5, 5.41) is 13.7. The summed E-state index contributed by atoms with van der Waals surface area (Å²) in [6.07, 6.45) is 8.01. The third-order valence-electron chi connectivity index (χ3n) is 4.06. The summed E-state index contributed by atoms with van der Waals surface area (Å²) >= 11 is 0. The summed E-state index contributed by atoms with van der Waals surface area (Å²) in [5.41, 5.74) is 2.70. The summed E-state index contributed by atoms with van der Waals surface area (Å²) in [7, 11) is 0. The van der Waals surface area contributed by atoms with Crippen molar-refractivity contribution in [2.75, 3.05) is 6.61 Å². The molecule has 3 nitrogen and oxygen atoms in total. The minimum Gasteiger partial charge on any atom is -0.396 e. The smallest absolute Gasteiger partial charge is 0.0480 e. The second-order valence-electron chi connectivity index (χ2n) is 5.84. The normalized spacial score (nSPS) is 15.1. The van der Waals surface area contributed by atoms with E-state index in [1.807, 2.05) is 0 Å². The number of rotatable bonds is 8. The summed E-state index contributed by atoms with van der Waals surface area (Å²) in [4.78, 5) is 0. The highest BCUT2D eigenvalue weighted by Gasteiger charge is 2.19. The van der Waals surface area contributed by atoms with Gasteiger partial charge in [0.2, 0.25) is 0 Å². The zero-order chi connectivity index (χ0) is 13.8. The number of benzene rings is 1. The van der Waals surface area contributed by atoms with Crippen LogP contribution in [0.3, 0.4) is 0 Å². The van der Waals surface area contributed by atoms with Crippen LogP contribution in [0.4, 0.5) is 0 Å². The Labute approximate surface area is 120 Å². The average molecular weight is 272 g/mol. The van der Waals surface area contributed by atoms with Gasteiger partial charge in [0, 0.05) is 37.5 Å². The first-order valence-corrected chi connectivity index (χ1v) is 7.79. The lowest BCUT2D eigenvalue weighted by Gasteiger charge is -2.07. The molecule has 0 amide bonds. The van der Waals surface area contributed by atoms with Crippen molar-refractivity contribution in [2.24, 2.45) is 0 Å². The summed E-state index contributed by atoms with van der Waals surface area (Å²) in [6, 6.07) is 9.76. The first-order valence-electron chi connectivity index (χ1n) is 7.79. The molecule has 1 aromatic heterocycles. The minimum atomic E-state index is 0.309. The number of fused-ring (bicyclic) bond motifs is 1. The number of hydrogen-bond donors (Lipinski definition) is 2. The maximum Gasteiger partial charge on any atom is 0.0480 e. The van der Waals surface area contributed by atoms with Crippen LogP contribution in [0.15, 0.2) is 30.5 Å². The monoisotopic (exact) mass is 272 g/mol. The molecule has 20 heavy (non-hydrogen) atoms. The number of nitrogens with one attached hydrogen (secondary N) is 1. The largest absolute Gasteiger partial charge is 0.396 e. The number of nitrogens with zero attached hydrogens (tertiary/aromatic N) is 1. The molecule has 1 aliphatic rings. The van der Waals surface area contributed by atoms with E-state index in [-0.39, 0.29) is 0 Å². The fourth-order valence-corrected chi connectivity index (χ4v) is 2.67. The standard InChI is InChI=1S/C17H24N2O/c20-11-3-1-2-9-19-10-8-15-12-14(4-7-17(15)19)13-18-16-5-6-16/h4,7-8,10,12,16,18,20H,1-3,5-6,9,11,13H2. The molecule has 0 unspecified atom stereocenters. The van der Waals surface area contributed by atoms with Gasteiger partial charge in [0.1, 0.15) is 0 Å². The molecule has 108 valence electrons. The maximum absolute atomic E-state index is 8.81. The van der Waals surface area contributed by atoms with Crippen LogP contribution in [-0.4, -0.2) is 22.3 Å². The Kier molecular flexibility index (Phi) is 4.38. The number of hydrogen-bond acceptors (Lipinski definition) is 2. The van der Waals surface area contributed by atoms with E-state index in [9.17, 15) is 0 Å². The predicted octanol–water partition coefficient (Wildman–Crippen LogP) is 3.06. The SMILES string of the molecule is OCCCCCn1ccc2cc(CNC3CC3)ccc21. The third-order valence-corrected chi connectivity index (χ3v) is 4.06. The first kappa shape index (κ1) is 13.7. The molecule has 0 bridgehead atoms. The average Bonchev–Trinajstić information content (AvgIpc) is 3.22. The van der Waals surface area contributed by atoms with Gasteiger partial charge in [0.15, 0.2) is 0 Å². The van der Waals surface area contributed by atoms with Crippen LogP contribution in [0.5, 0.6) is 0 Å². The predicted molar refractivity (Wildman–Crippen MR) is 82.7 cm³/mol. The molecule has 1 aliphatic carbocycles. The van der Waals surface area contributed by atoms with Crippen LogP contribution in [-0.2, 0) is 13.1 Å². The lowest BCUT2D eigenvalue weighted by molar-refractivity contribution is 0.282. The summed E-state index contributed by atoms with van der Waals surface area (Å²) < 4.78 is 2.32. The van der Waals surface area contributed by atoms with Crippen molar-refractivity contribution >= 4 is 10.9 Å². The van der Waals surface area contributed by atoms with Gasteiger partial charge < -0.3 is 15.0 Å². The maximum atomic E-state index is 8.81. The van der Waals surface area contributed by atoms with Crippen LogP contribution in [0.1, 0.15) is 37.7 Å². The number of aliphatic hydroxyl groups excluding tert-OH is 1. The van der Waals surface area contributed by atoms with Crippen LogP contribution < -0.4 is 5.32 Å². The Morgan fingerprint density at radius 1 is 1.15 bits per heavy atom. The molecule has 0 radical (unpaired) electrons. The number of unbranched alkanes of at least 4 members (excludes halogenated alkanes) is 2. The molecule has 2 N–H and O–H groups in total. The second-order valence-corrected chi connectivity index (χ2v) is 5.84. The van der Waals surface area contributed by atoms with E-state index >= 15 is 0 Å². The van der Waals surface area contributed by atoms with Crippen LogP contribution in [0.25, 0.3) is 10.9 Å². The lowest BCUT2D eigenvalue weighted by Crippen LogP contribution is -2.15. The second kappa shape index (κ2) is 6.42. The number of aliphatic hydroxyl groups is 1. The molecule has 1 aromatic carbocycles. The Bertz CT molecular complexity index is 557. The molecule has 3 heteroatoms. The van der Waals surface area contributed by atoms with Crippen molar-refractivity contribution in [1.29, 1.82) is 0 Å². The van der Waals surface area contributed by atoms with E-state index in [2.05, 4.69) is 40.3 Å². The number of aromatic nitrogens is 1. The Hall–Kier alpha value is -1.32. The van der Waals surface area contributed by atoms with Crippen LogP contribution in [0.2, 0.25) is 0 Å². The summed E-state index contributed by atoms with van der Waals surface area (Å²) in [5.74, 6) is 0. The van der Waals surface area contributed by atoms with Crippen LogP contribution >= 0.6 is 0 Å². The van der Waals surface area contributed by atoms with Gasteiger partial charge in [-0.05, 0) is 61.3 Å². The zero-order valence-electron chi connectivity index (χ0n) is 12.0. The van der Waals surface area contributed by atoms with E-state index in [4.69, 9.17) is 5.11 Å². The highest BCUT2D eigenvalue weighted by molar-refractivity contribution is 5.80. The van der Waals surface area contributed by atoms with Gasteiger partial charge in [0.25, 0.3) is 0 Å². The fraction of sp³-hybridized carbons (Fsp3) is 0.529. The summed E-state index contributed by atoms with van der Waals surface area (Å²) in [6.45, 7) is 2.34. The topological polar surface area (TPSA) is 37.2 Å². The minimum absolute atomic E-state index is 0.309. The van der Waals surface area contributed by atoms with Gasteiger partial charge in [0.05, 0.1) is 0 Å². The third kappa shape index (κ3) is 3.41. The molecule has 1 fully saturated rings. The van der Waals surface area contributed by atoms with Crippen molar-refractivity contribution in [3.8, 4) is 0 Å². The van der Waals surface area contributed by atoms with E-state index in [0.717, 1.165) is 38.4 Å². The Morgan fingerprint density at radius 3 is 2.85 bits per heavy atom. The zero-order valence-corrected chi connectivity index (χ0v) is 12.0. The molecule has 0 atom stereocenters. The van der Waals surface area contributed by atoms with Crippen LogP contribution in [0, 0.1) is 0 Å². The molecule has 0 saturated heterocycles. The van der Waals surface area contributed by atoms with Crippen molar-refractivity contribution in [3.05, 3.63) is 36.0 Å². The molecule has 1 saturated carbocycles. The molecular formula is C17H24N2O. The van der Waals surface area contributed by atoms with Gasteiger partial charge in [-0.25, -0.2) is 0 Å². The molecule has 2 aromatic rings. The van der Waals surface area contributed by atoms with E-state index in [1.165, 1.54) is 29.3 Å². The highest BCUT2D eigenvalue weighted by Crippen LogP contribution is 2.21. The quantitative estimate of drug-likeness (QED) is 0.725. The molecular weight excluding hydrogens is 248 g/mol. The highest BCUT2D eigenvalue weighted by atomic mass is 16.2. The Morgan fingerprint density at radius 2 is 2.05 bits per heavy atom. The molecule has 1 heterocycles. The molecule has 3 rings (SSSR count). The molecule has 0 spiro atoms. The Balaban J connectivity index is 1.62. The van der Waals surface area contributed by atoms with Gasteiger partial charge in [-0.2, -0.15) is 0 Å². The first-order chi connectivity index (χ1) is 9.86. The van der Waals surface area contributed by atoms with E-state index in [1.54, 1.807) is 0 Å². The van der Waals surface area contributed by atoms with Crippen molar-refractivity contribution in [1.82, 2.24) is 9.88 Å². The fourth-order valence-electron chi connectivity index (χ4n) is 2.67. The molecule has 0 aliphatic heterocycles. The lowest BCUT2D eigenvalue weighted by atomic mass is 10.1. The van der Waals surface area contributed by atoms with Gasteiger partial charge in [-0.15, -0.1) is 0 Å². The van der Waals surface area contributed by atoms with E-state index < -0.39 is 0 Å². The number of aryl methyl sites for hydroxylation is 1. The van der Waals surface area contributed by atoms with Crippen molar-refractivity contribution in [3.63, 3.8) is 0 Å². The van der Waals surface area contributed by atoms with Gasteiger partial charge >= 0.3 is 0 Å². The van der Waals surface area contributed by atoms with Gasteiger partial charge in [-0.3, -0.25) is 0 Å². The van der Waals surface area contributed by atoms with Crippen molar-refractivity contribution < 1.29 is 5.11 Å².